The van der Waals surface area contributed by atoms with E-state index in [4.69, 9.17) is 11.6 Å². The van der Waals surface area contributed by atoms with Crippen LogP contribution in [-0.2, 0) is 30.8 Å². The molecule has 0 spiro atoms. The van der Waals surface area contributed by atoms with Gasteiger partial charge < -0.3 is 9.88 Å². The van der Waals surface area contributed by atoms with Gasteiger partial charge in [-0.1, -0.05) is 29.8 Å². The Morgan fingerprint density at radius 1 is 1.19 bits per heavy atom. The molecule has 5 rings (SSSR count). The van der Waals surface area contributed by atoms with E-state index < -0.39 is 0 Å². The molecule has 2 aliphatic rings. The summed E-state index contributed by atoms with van der Waals surface area (Å²) in [5.41, 5.74) is 3.97. The number of carbonyl (C=O) groups excluding carboxylic acids is 1. The van der Waals surface area contributed by atoms with Gasteiger partial charge in [0.25, 0.3) is 5.56 Å². The Hall–Kier alpha value is -2.41. The molecule has 7 heteroatoms. The summed E-state index contributed by atoms with van der Waals surface area (Å²) in [5, 5.41) is 4.35. The number of anilines is 1. The predicted molar refractivity (Wildman–Crippen MR) is 130 cm³/mol. The van der Waals surface area contributed by atoms with E-state index in [0.29, 0.717) is 16.5 Å². The Morgan fingerprint density at radius 3 is 2.75 bits per heavy atom. The zero-order chi connectivity index (χ0) is 22.2. The molecule has 0 unspecified atom stereocenters. The van der Waals surface area contributed by atoms with E-state index in [1.807, 2.05) is 34.9 Å². The zero-order valence-corrected chi connectivity index (χ0v) is 19.6. The maximum atomic E-state index is 13.5. The number of nitrogens with one attached hydrogen (secondary N) is 1. The van der Waals surface area contributed by atoms with E-state index in [9.17, 15) is 9.59 Å². The molecule has 0 saturated heterocycles. The maximum Gasteiger partial charge on any atom is 0.258 e. The molecule has 166 valence electrons. The van der Waals surface area contributed by atoms with E-state index in [1.165, 1.54) is 35.9 Å². The van der Waals surface area contributed by atoms with Crippen molar-refractivity contribution in [2.24, 2.45) is 5.92 Å². The van der Waals surface area contributed by atoms with Crippen LogP contribution >= 0.6 is 22.9 Å². The van der Waals surface area contributed by atoms with Crippen LogP contribution in [0.5, 0.6) is 0 Å². The monoisotopic (exact) mass is 467 g/mol. The third-order valence-corrected chi connectivity index (χ3v) is 7.51. The lowest BCUT2D eigenvalue weighted by molar-refractivity contribution is -0.114. The SMILES string of the molecule is CC(=O)Nc1ccc(CN2CCc3c(cc(-c4ccccc4Cl)c(=O)n3CC3CC3)C2)s1. The number of hydrogen-bond donors (Lipinski definition) is 1. The largest absolute Gasteiger partial charge is 0.318 e. The highest BCUT2D eigenvalue weighted by Crippen LogP contribution is 2.34. The van der Waals surface area contributed by atoms with Crippen molar-refractivity contribution >= 4 is 33.8 Å². The number of benzene rings is 1. The standard InChI is InChI=1S/C25H26ClN3O2S/c1-16(30)27-24-9-8-19(32-24)15-28-11-10-23-18(14-28)12-21(20-4-2-3-5-22(20)26)25(31)29(23)13-17-6-7-17/h2-5,8-9,12,17H,6-7,10-11,13-15H2,1H3,(H,27,30). The lowest BCUT2D eigenvalue weighted by atomic mass is 9.98. The smallest absolute Gasteiger partial charge is 0.258 e. The van der Waals surface area contributed by atoms with Crippen molar-refractivity contribution < 1.29 is 4.79 Å². The summed E-state index contributed by atoms with van der Waals surface area (Å²) in [4.78, 5) is 28.4. The first-order chi connectivity index (χ1) is 15.5. The first-order valence-corrected chi connectivity index (χ1v) is 12.3. The summed E-state index contributed by atoms with van der Waals surface area (Å²) in [7, 11) is 0. The van der Waals surface area contributed by atoms with E-state index in [2.05, 4.69) is 22.3 Å². The van der Waals surface area contributed by atoms with Gasteiger partial charge in [-0.25, -0.2) is 0 Å². The fourth-order valence-electron chi connectivity index (χ4n) is 4.46. The van der Waals surface area contributed by atoms with Crippen molar-refractivity contribution in [1.29, 1.82) is 0 Å². The van der Waals surface area contributed by atoms with Crippen LogP contribution < -0.4 is 10.9 Å². The van der Waals surface area contributed by atoms with Crippen LogP contribution in [0.1, 0.15) is 35.9 Å². The molecule has 1 amide bonds. The highest BCUT2D eigenvalue weighted by Gasteiger charge is 2.28. The third-order valence-electron chi connectivity index (χ3n) is 6.19. The number of rotatable bonds is 6. The van der Waals surface area contributed by atoms with E-state index in [-0.39, 0.29) is 11.5 Å². The molecule has 1 aliphatic carbocycles. The number of carbonyl (C=O) groups is 1. The molecular formula is C25H26ClN3O2S. The minimum absolute atomic E-state index is 0.0500. The number of nitrogens with zero attached hydrogens (tertiary/aromatic N) is 2. The summed E-state index contributed by atoms with van der Waals surface area (Å²) in [6.45, 7) is 4.87. The third kappa shape index (κ3) is 4.53. The number of aromatic nitrogens is 1. The van der Waals surface area contributed by atoms with Gasteiger partial charge in [0.1, 0.15) is 0 Å². The first kappa shape index (κ1) is 21.4. The summed E-state index contributed by atoms with van der Waals surface area (Å²) in [6.07, 6.45) is 3.28. The molecule has 0 bridgehead atoms. The van der Waals surface area contributed by atoms with Crippen LogP contribution in [0, 0.1) is 5.92 Å². The zero-order valence-electron chi connectivity index (χ0n) is 18.1. The molecule has 1 saturated carbocycles. The van der Waals surface area contributed by atoms with Crippen molar-refractivity contribution in [1.82, 2.24) is 9.47 Å². The number of fused-ring (bicyclic) bond motifs is 1. The van der Waals surface area contributed by atoms with Crippen LogP contribution in [0.25, 0.3) is 11.1 Å². The van der Waals surface area contributed by atoms with Crippen molar-refractivity contribution in [2.75, 3.05) is 11.9 Å². The quantitative estimate of drug-likeness (QED) is 0.545. The van der Waals surface area contributed by atoms with Gasteiger partial charge in [-0.15, -0.1) is 11.3 Å². The first-order valence-electron chi connectivity index (χ1n) is 11.1. The number of thiophene rings is 1. The molecule has 1 aliphatic heterocycles. The van der Waals surface area contributed by atoms with Crippen molar-refractivity contribution in [3.05, 3.63) is 74.0 Å². The molecule has 32 heavy (non-hydrogen) atoms. The van der Waals surface area contributed by atoms with Gasteiger partial charge in [0.05, 0.1) is 5.00 Å². The van der Waals surface area contributed by atoms with Gasteiger partial charge in [-0.05, 0) is 48.6 Å². The fraction of sp³-hybridized carbons (Fsp3) is 0.360. The number of halogens is 1. The molecule has 2 aromatic heterocycles. The van der Waals surface area contributed by atoms with Crippen molar-refractivity contribution in [3.63, 3.8) is 0 Å². The molecule has 5 nitrogen and oxygen atoms in total. The Labute approximate surface area is 196 Å². The lowest BCUT2D eigenvalue weighted by Gasteiger charge is -2.31. The van der Waals surface area contributed by atoms with Crippen LogP contribution in [0.15, 0.2) is 47.3 Å². The molecule has 0 atom stereocenters. The van der Waals surface area contributed by atoms with Gasteiger partial charge >= 0.3 is 0 Å². The molecule has 1 N–H and O–H groups in total. The second-order valence-corrected chi connectivity index (χ2v) is 10.4. The van der Waals surface area contributed by atoms with Crippen LogP contribution in [0.2, 0.25) is 5.02 Å². The average molecular weight is 468 g/mol. The topological polar surface area (TPSA) is 54.3 Å². The average Bonchev–Trinajstić information content (AvgIpc) is 3.48. The summed E-state index contributed by atoms with van der Waals surface area (Å²) in [5.74, 6) is 0.570. The molecule has 0 radical (unpaired) electrons. The highest BCUT2D eigenvalue weighted by atomic mass is 35.5. The fourth-order valence-corrected chi connectivity index (χ4v) is 5.69. The highest BCUT2D eigenvalue weighted by molar-refractivity contribution is 7.16. The van der Waals surface area contributed by atoms with Crippen molar-refractivity contribution in [2.45, 2.75) is 45.8 Å². The number of hydrogen-bond acceptors (Lipinski definition) is 4. The number of pyridine rings is 1. The van der Waals surface area contributed by atoms with E-state index in [0.717, 1.165) is 43.2 Å². The van der Waals surface area contributed by atoms with E-state index in [1.54, 1.807) is 11.3 Å². The van der Waals surface area contributed by atoms with Gasteiger partial charge in [0, 0.05) is 66.2 Å². The summed E-state index contributed by atoms with van der Waals surface area (Å²) < 4.78 is 2.03. The Bertz CT molecular complexity index is 1230. The normalized spacial score (nSPS) is 16.1. The summed E-state index contributed by atoms with van der Waals surface area (Å²) in [6, 6.07) is 13.7. The maximum absolute atomic E-state index is 13.5. The Balaban J connectivity index is 1.46. The van der Waals surface area contributed by atoms with Crippen LogP contribution in [0.4, 0.5) is 5.00 Å². The molecule has 1 aromatic carbocycles. The lowest BCUT2D eigenvalue weighted by Crippen LogP contribution is -2.36. The Kier molecular flexibility index (Phi) is 5.93. The number of amides is 1. The molecule has 3 aromatic rings. The summed E-state index contributed by atoms with van der Waals surface area (Å²) >= 11 is 8.09. The second kappa shape index (κ2) is 8.85. The van der Waals surface area contributed by atoms with Gasteiger partial charge in [-0.3, -0.25) is 14.5 Å². The minimum atomic E-state index is -0.0500. The van der Waals surface area contributed by atoms with Gasteiger partial charge in [0.2, 0.25) is 5.91 Å². The Morgan fingerprint density at radius 2 is 2.00 bits per heavy atom. The molecule has 1 fully saturated rings. The van der Waals surface area contributed by atoms with Gasteiger partial charge in [0.15, 0.2) is 0 Å². The predicted octanol–water partition coefficient (Wildman–Crippen LogP) is 5.16. The second-order valence-electron chi connectivity index (χ2n) is 8.78. The minimum Gasteiger partial charge on any atom is -0.318 e. The van der Waals surface area contributed by atoms with Crippen LogP contribution in [-0.4, -0.2) is 21.9 Å². The molecule has 3 heterocycles. The molecular weight excluding hydrogens is 442 g/mol. The van der Waals surface area contributed by atoms with Crippen molar-refractivity contribution in [3.8, 4) is 11.1 Å². The van der Waals surface area contributed by atoms with Gasteiger partial charge in [-0.2, -0.15) is 0 Å². The van der Waals surface area contributed by atoms with E-state index >= 15 is 0 Å². The van der Waals surface area contributed by atoms with Crippen LogP contribution in [0.3, 0.4) is 0 Å².